The molecule has 0 aliphatic rings. The molecule has 0 aliphatic carbocycles. The van der Waals surface area contributed by atoms with Gasteiger partial charge in [0.25, 0.3) is 0 Å². The molecule has 15 heavy (non-hydrogen) atoms. The second kappa shape index (κ2) is 8.75. The van der Waals surface area contributed by atoms with Crippen molar-refractivity contribution in [2.24, 2.45) is 11.8 Å². The largest absolute Gasteiger partial charge is 0.469 e. The number of rotatable bonds is 8. The molecule has 2 heteroatoms. The normalized spacial score (nSPS) is 14.7. The van der Waals surface area contributed by atoms with Crippen molar-refractivity contribution in [3.63, 3.8) is 0 Å². The monoisotopic (exact) mass is 214 g/mol. The molecule has 0 saturated carbocycles. The van der Waals surface area contributed by atoms with Crippen molar-refractivity contribution in [2.45, 2.75) is 59.3 Å². The van der Waals surface area contributed by atoms with Crippen LogP contribution in [0.15, 0.2) is 0 Å². The predicted molar refractivity (Wildman–Crippen MR) is 63.7 cm³/mol. The summed E-state index contributed by atoms with van der Waals surface area (Å²) in [6.45, 7) is 6.77. The lowest BCUT2D eigenvalue weighted by atomic mass is 9.94. The van der Waals surface area contributed by atoms with Crippen LogP contribution in [0.5, 0.6) is 0 Å². The highest BCUT2D eigenvalue weighted by Gasteiger charge is 2.07. The van der Waals surface area contributed by atoms with E-state index >= 15 is 0 Å². The molecule has 0 saturated heterocycles. The van der Waals surface area contributed by atoms with Gasteiger partial charge < -0.3 is 4.74 Å². The van der Waals surface area contributed by atoms with Crippen LogP contribution in [0.2, 0.25) is 0 Å². The van der Waals surface area contributed by atoms with E-state index in [1.54, 1.807) is 0 Å². The summed E-state index contributed by atoms with van der Waals surface area (Å²) >= 11 is 0. The number of hydrogen-bond acceptors (Lipinski definition) is 2. The maximum absolute atomic E-state index is 10.9. The van der Waals surface area contributed by atoms with Crippen LogP contribution in [0.1, 0.15) is 59.3 Å². The quantitative estimate of drug-likeness (QED) is 0.575. The van der Waals surface area contributed by atoms with Crippen LogP contribution in [0, 0.1) is 11.8 Å². The Morgan fingerprint density at radius 3 is 2.27 bits per heavy atom. The molecule has 0 N–H and O–H groups in total. The zero-order valence-corrected chi connectivity index (χ0v) is 10.7. The molecule has 0 heterocycles. The fourth-order valence-corrected chi connectivity index (χ4v) is 1.63. The van der Waals surface area contributed by atoms with Gasteiger partial charge in [-0.3, -0.25) is 4.79 Å². The molecule has 0 aromatic heterocycles. The van der Waals surface area contributed by atoms with Crippen molar-refractivity contribution >= 4 is 5.97 Å². The molecule has 90 valence electrons. The van der Waals surface area contributed by atoms with E-state index in [1.165, 1.54) is 32.8 Å². The summed E-state index contributed by atoms with van der Waals surface area (Å²) in [6.07, 6.45) is 6.66. The molecule has 0 aromatic rings. The number of hydrogen-bond donors (Lipinski definition) is 0. The highest BCUT2D eigenvalue weighted by Crippen LogP contribution is 2.18. The van der Waals surface area contributed by atoms with Crippen molar-refractivity contribution in [3.05, 3.63) is 0 Å². The zero-order valence-electron chi connectivity index (χ0n) is 10.7. The third kappa shape index (κ3) is 8.46. The van der Waals surface area contributed by atoms with Gasteiger partial charge in [-0.2, -0.15) is 0 Å². The Hall–Kier alpha value is -0.530. The van der Waals surface area contributed by atoms with Gasteiger partial charge in [-0.15, -0.1) is 0 Å². The van der Waals surface area contributed by atoms with E-state index in [-0.39, 0.29) is 5.97 Å². The van der Waals surface area contributed by atoms with Gasteiger partial charge in [0.15, 0.2) is 0 Å². The van der Waals surface area contributed by atoms with Crippen LogP contribution >= 0.6 is 0 Å². The van der Waals surface area contributed by atoms with Crippen molar-refractivity contribution in [2.75, 3.05) is 7.11 Å². The second-order valence-corrected chi connectivity index (χ2v) is 4.66. The molecular weight excluding hydrogens is 188 g/mol. The first-order chi connectivity index (χ1) is 7.10. The molecule has 0 spiro atoms. The molecule has 2 unspecified atom stereocenters. The lowest BCUT2D eigenvalue weighted by Crippen LogP contribution is -2.04. The number of carbonyl (C=O) groups is 1. The number of carbonyl (C=O) groups excluding carboxylic acids is 1. The van der Waals surface area contributed by atoms with E-state index in [4.69, 9.17) is 0 Å². The minimum absolute atomic E-state index is 0.0798. The van der Waals surface area contributed by atoms with Gasteiger partial charge in [-0.1, -0.05) is 46.5 Å². The average molecular weight is 214 g/mol. The SMILES string of the molecule is CCC(C)CCCC(C)CCC(=O)OC. The molecule has 0 bridgehead atoms. The summed E-state index contributed by atoms with van der Waals surface area (Å²) in [5.74, 6) is 1.41. The Morgan fingerprint density at radius 2 is 1.73 bits per heavy atom. The molecule has 0 rings (SSSR count). The van der Waals surface area contributed by atoms with E-state index in [1.807, 2.05) is 0 Å². The Bertz CT molecular complexity index is 166. The van der Waals surface area contributed by atoms with Crippen molar-refractivity contribution in [1.82, 2.24) is 0 Å². The second-order valence-electron chi connectivity index (χ2n) is 4.66. The summed E-state index contributed by atoms with van der Waals surface area (Å²) in [6, 6.07) is 0. The zero-order chi connectivity index (χ0) is 11.7. The van der Waals surface area contributed by atoms with Crippen LogP contribution in [0.25, 0.3) is 0 Å². The Kier molecular flexibility index (Phi) is 8.44. The van der Waals surface area contributed by atoms with E-state index in [2.05, 4.69) is 25.5 Å². The van der Waals surface area contributed by atoms with Gasteiger partial charge in [0.2, 0.25) is 0 Å². The van der Waals surface area contributed by atoms with E-state index in [9.17, 15) is 4.79 Å². The average Bonchev–Trinajstić information content (AvgIpc) is 2.25. The van der Waals surface area contributed by atoms with Gasteiger partial charge in [-0.25, -0.2) is 0 Å². The van der Waals surface area contributed by atoms with Crippen LogP contribution in [-0.2, 0) is 9.53 Å². The molecule has 0 aliphatic heterocycles. The van der Waals surface area contributed by atoms with Crippen LogP contribution in [-0.4, -0.2) is 13.1 Å². The fourth-order valence-electron chi connectivity index (χ4n) is 1.63. The van der Waals surface area contributed by atoms with Gasteiger partial charge in [0.1, 0.15) is 0 Å². The number of ether oxygens (including phenoxy) is 1. The summed E-state index contributed by atoms with van der Waals surface area (Å²) in [7, 11) is 1.45. The highest BCUT2D eigenvalue weighted by atomic mass is 16.5. The van der Waals surface area contributed by atoms with Crippen molar-refractivity contribution in [1.29, 1.82) is 0 Å². The van der Waals surface area contributed by atoms with Crippen LogP contribution in [0.4, 0.5) is 0 Å². The first-order valence-electron chi connectivity index (χ1n) is 6.16. The van der Waals surface area contributed by atoms with Gasteiger partial charge >= 0.3 is 5.97 Å². The first kappa shape index (κ1) is 14.5. The Morgan fingerprint density at radius 1 is 1.13 bits per heavy atom. The van der Waals surface area contributed by atoms with E-state index in [0.29, 0.717) is 12.3 Å². The molecule has 0 amide bonds. The maximum Gasteiger partial charge on any atom is 0.305 e. The predicted octanol–water partition coefficient (Wildman–Crippen LogP) is 3.79. The number of methoxy groups -OCH3 is 1. The van der Waals surface area contributed by atoms with Gasteiger partial charge in [-0.05, 0) is 18.3 Å². The third-order valence-electron chi connectivity index (χ3n) is 3.16. The molecule has 2 atom stereocenters. The fraction of sp³-hybridized carbons (Fsp3) is 0.923. The van der Waals surface area contributed by atoms with Crippen LogP contribution < -0.4 is 0 Å². The lowest BCUT2D eigenvalue weighted by molar-refractivity contribution is -0.140. The molecule has 0 radical (unpaired) electrons. The van der Waals surface area contributed by atoms with Crippen molar-refractivity contribution in [3.8, 4) is 0 Å². The summed E-state index contributed by atoms with van der Waals surface area (Å²) in [5, 5.41) is 0. The molecule has 0 aromatic carbocycles. The summed E-state index contributed by atoms with van der Waals surface area (Å²) < 4.78 is 4.62. The molecular formula is C13H26O2. The number of esters is 1. The third-order valence-corrected chi connectivity index (χ3v) is 3.16. The lowest BCUT2D eigenvalue weighted by Gasteiger charge is -2.12. The van der Waals surface area contributed by atoms with Gasteiger partial charge in [0.05, 0.1) is 7.11 Å². The van der Waals surface area contributed by atoms with E-state index in [0.717, 1.165) is 12.3 Å². The Balaban J connectivity index is 3.41. The van der Waals surface area contributed by atoms with Crippen LogP contribution in [0.3, 0.4) is 0 Å². The minimum Gasteiger partial charge on any atom is -0.469 e. The summed E-state index contributed by atoms with van der Waals surface area (Å²) in [4.78, 5) is 10.9. The van der Waals surface area contributed by atoms with Gasteiger partial charge in [0, 0.05) is 6.42 Å². The molecule has 2 nitrogen and oxygen atoms in total. The topological polar surface area (TPSA) is 26.3 Å². The maximum atomic E-state index is 10.9. The van der Waals surface area contributed by atoms with E-state index < -0.39 is 0 Å². The molecule has 0 fully saturated rings. The first-order valence-corrected chi connectivity index (χ1v) is 6.16. The summed E-state index contributed by atoms with van der Waals surface area (Å²) in [5.41, 5.74) is 0. The smallest absolute Gasteiger partial charge is 0.305 e. The highest BCUT2D eigenvalue weighted by molar-refractivity contribution is 5.69. The minimum atomic E-state index is -0.0798. The standard InChI is InChI=1S/C13H26O2/c1-5-11(2)7-6-8-12(3)9-10-13(14)15-4/h11-12H,5-10H2,1-4H3. The van der Waals surface area contributed by atoms with Crippen molar-refractivity contribution < 1.29 is 9.53 Å². The Labute approximate surface area is 94.4 Å².